The number of nitrogens with zero attached hydrogens (tertiary/aromatic N) is 2. The number of benzene rings is 1. The maximum Gasteiger partial charge on any atom is 0.200 e. The second-order valence-corrected chi connectivity index (χ2v) is 7.60. The molecule has 2 aromatic rings. The molecule has 2 aliphatic rings. The summed E-state index contributed by atoms with van der Waals surface area (Å²) >= 11 is 5.21. The number of nitrogens with one attached hydrogen (secondary N) is 2. The molecule has 0 radical (unpaired) electrons. The fraction of sp³-hybridized carbons (Fsp3) is 0.381. The van der Waals surface area contributed by atoms with E-state index >= 15 is 0 Å². The molecule has 4 N–H and O–H groups in total. The lowest BCUT2D eigenvalue weighted by molar-refractivity contribution is -0.116. The van der Waals surface area contributed by atoms with Crippen LogP contribution in [-0.2, 0) is 4.79 Å². The van der Waals surface area contributed by atoms with Gasteiger partial charge in [-0.3, -0.25) is 4.79 Å². The lowest BCUT2D eigenvalue weighted by atomic mass is 9.76. The van der Waals surface area contributed by atoms with Gasteiger partial charge in [-0.25, -0.2) is 4.98 Å². The van der Waals surface area contributed by atoms with Crippen LogP contribution in [0.2, 0.25) is 0 Å². The Labute approximate surface area is 169 Å². The molecule has 146 valence electrons. The van der Waals surface area contributed by atoms with Crippen molar-refractivity contribution in [2.24, 2.45) is 0 Å². The van der Waals surface area contributed by atoms with Crippen molar-refractivity contribution in [2.75, 3.05) is 29.0 Å². The Morgan fingerprint density at radius 2 is 1.93 bits per heavy atom. The minimum Gasteiger partial charge on any atom is -0.385 e. The molecule has 6 nitrogen and oxygen atoms in total. The quantitative estimate of drug-likeness (QED) is 0.675. The van der Waals surface area contributed by atoms with E-state index in [1.165, 1.54) is 5.69 Å². The number of Topliss-reactive ketones (excluding diaryl/α,β-unsaturated/α-hetero) is 1. The highest BCUT2D eigenvalue weighted by Gasteiger charge is 2.37. The first-order valence-electron chi connectivity index (χ1n) is 9.81. The Hall–Kier alpha value is -2.67. The first kappa shape index (κ1) is 18.7. The van der Waals surface area contributed by atoms with E-state index in [0.29, 0.717) is 22.8 Å². The summed E-state index contributed by atoms with van der Waals surface area (Å²) < 4.78 is 0.338. The first-order chi connectivity index (χ1) is 13.5. The number of H-pyrrole nitrogens is 1. The number of carbonyl (C=O) groups is 1. The summed E-state index contributed by atoms with van der Waals surface area (Å²) in [6.07, 6.45) is 2.25. The Bertz CT molecular complexity index is 1000. The predicted octanol–water partition coefficient (Wildman–Crippen LogP) is 4.13. The zero-order chi connectivity index (χ0) is 19.8. The van der Waals surface area contributed by atoms with Crippen LogP contribution in [0.3, 0.4) is 0 Å². The largest absolute Gasteiger partial charge is 0.385 e. The lowest BCUT2D eigenvalue weighted by Crippen LogP contribution is -2.28. The number of carbonyl (C=O) groups excluding carboxylic acids is 1. The highest BCUT2D eigenvalue weighted by molar-refractivity contribution is 7.71. The molecule has 0 saturated carbocycles. The van der Waals surface area contributed by atoms with E-state index in [4.69, 9.17) is 18.0 Å². The summed E-state index contributed by atoms with van der Waals surface area (Å²) in [5.74, 6) is 1.07. The van der Waals surface area contributed by atoms with Crippen molar-refractivity contribution in [1.82, 2.24) is 9.97 Å². The molecule has 4 rings (SSSR count). The number of hydrogen-bond acceptors (Lipinski definition) is 6. The summed E-state index contributed by atoms with van der Waals surface area (Å²) in [5, 5.41) is 3.33. The molecule has 0 spiro atoms. The molecule has 1 aromatic carbocycles. The summed E-state index contributed by atoms with van der Waals surface area (Å²) in [5.41, 5.74) is 11.1. The fourth-order valence-corrected chi connectivity index (χ4v) is 4.50. The summed E-state index contributed by atoms with van der Waals surface area (Å²) in [6, 6.07) is 8.43. The SMILES string of the molecule is CCN(CC)c1ccc(C2C3=C(CCCC3=O)Nc3nc(=S)[nH]c(N)c32)cc1. The van der Waals surface area contributed by atoms with Crippen LogP contribution in [0.15, 0.2) is 35.5 Å². The average molecular weight is 396 g/mol. The average Bonchev–Trinajstić information content (AvgIpc) is 2.68. The number of nitrogens with two attached hydrogens (primary N) is 1. The van der Waals surface area contributed by atoms with E-state index in [0.717, 1.165) is 48.3 Å². The molecular formula is C21H25N5OS. The molecule has 0 bridgehead atoms. The van der Waals surface area contributed by atoms with E-state index in [9.17, 15) is 4.79 Å². The fourth-order valence-electron chi connectivity index (χ4n) is 4.30. The molecule has 28 heavy (non-hydrogen) atoms. The third-order valence-electron chi connectivity index (χ3n) is 5.66. The molecule has 1 aliphatic carbocycles. The van der Waals surface area contributed by atoms with E-state index in [-0.39, 0.29) is 11.7 Å². The summed E-state index contributed by atoms with van der Waals surface area (Å²) in [7, 11) is 0. The van der Waals surface area contributed by atoms with Crippen LogP contribution in [0.25, 0.3) is 0 Å². The minimum absolute atomic E-state index is 0.180. The van der Waals surface area contributed by atoms with Gasteiger partial charge in [-0.2, -0.15) is 0 Å². The summed E-state index contributed by atoms with van der Waals surface area (Å²) in [4.78, 5) is 22.6. The Balaban J connectivity index is 1.87. The molecule has 0 fully saturated rings. The van der Waals surface area contributed by atoms with Gasteiger partial charge in [0, 0.05) is 47.9 Å². The highest BCUT2D eigenvalue weighted by Crippen LogP contribution is 2.46. The van der Waals surface area contributed by atoms with Gasteiger partial charge in [0.1, 0.15) is 11.6 Å². The van der Waals surface area contributed by atoms with Crippen LogP contribution in [-0.4, -0.2) is 28.8 Å². The summed E-state index contributed by atoms with van der Waals surface area (Å²) in [6.45, 7) is 6.19. The predicted molar refractivity (Wildman–Crippen MR) is 115 cm³/mol. The molecule has 2 heterocycles. The molecule has 0 amide bonds. The number of fused-ring (bicyclic) bond motifs is 1. The van der Waals surface area contributed by atoms with E-state index < -0.39 is 0 Å². The molecule has 1 unspecified atom stereocenters. The van der Waals surface area contributed by atoms with Crippen LogP contribution >= 0.6 is 12.2 Å². The van der Waals surface area contributed by atoms with Crippen molar-refractivity contribution >= 4 is 35.3 Å². The Kier molecular flexibility index (Phi) is 4.93. The number of anilines is 3. The topological polar surface area (TPSA) is 87.0 Å². The van der Waals surface area contributed by atoms with Gasteiger partial charge in [0.05, 0.1) is 0 Å². The maximum absolute atomic E-state index is 12.9. The second kappa shape index (κ2) is 7.39. The number of rotatable bonds is 4. The van der Waals surface area contributed by atoms with Gasteiger partial charge in [0.15, 0.2) is 10.6 Å². The van der Waals surface area contributed by atoms with Gasteiger partial charge in [0.2, 0.25) is 0 Å². The molecular weight excluding hydrogens is 370 g/mol. The number of hydrogen-bond donors (Lipinski definition) is 3. The Morgan fingerprint density at radius 3 is 2.61 bits per heavy atom. The van der Waals surface area contributed by atoms with Crippen LogP contribution < -0.4 is 16.0 Å². The van der Waals surface area contributed by atoms with Crippen molar-refractivity contribution in [3.63, 3.8) is 0 Å². The number of ketones is 1. The van der Waals surface area contributed by atoms with Crippen molar-refractivity contribution in [3.05, 3.63) is 51.4 Å². The van der Waals surface area contributed by atoms with E-state index in [1.54, 1.807) is 0 Å². The molecule has 0 saturated heterocycles. The van der Waals surface area contributed by atoms with Crippen molar-refractivity contribution in [3.8, 4) is 0 Å². The van der Waals surface area contributed by atoms with Crippen LogP contribution in [0.5, 0.6) is 0 Å². The van der Waals surface area contributed by atoms with Crippen molar-refractivity contribution < 1.29 is 4.79 Å². The molecule has 1 atom stereocenters. The second-order valence-electron chi connectivity index (χ2n) is 7.21. The zero-order valence-electron chi connectivity index (χ0n) is 16.2. The van der Waals surface area contributed by atoms with Gasteiger partial charge in [-0.05, 0) is 56.6 Å². The van der Waals surface area contributed by atoms with E-state index in [2.05, 4.69) is 58.3 Å². The number of aromatic amines is 1. The van der Waals surface area contributed by atoms with Gasteiger partial charge >= 0.3 is 0 Å². The van der Waals surface area contributed by atoms with E-state index in [1.807, 2.05) is 0 Å². The smallest absolute Gasteiger partial charge is 0.200 e. The molecule has 7 heteroatoms. The number of nitrogen functional groups attached to an aromatic ring is 1. The van der Waals surface area contributed by atoms with Gasteiger partial charge in [0.25, 0.3) is 0 Å². The monoisotopic (exact) mass is 395 g/mol. The lowest BCUT2D eigenvalue weighted by Gasteiger charge is -2.34. The molecule has 1 aromatic heterocycles. The Morgan fingerprint density at radius 1 is 1.21 bits per heavy atom. The normalized spacial score (nSPS) is 18.4. The first-order valence-corrected chi connectivity index (χ1v) is 10.2. The standard InChI is InChI=1S/C21H25N5OS/c1-3-26(4-2)13-10-8-12(9-11-13)16-17-14(6-5-7-15(17)27)23-20-18(16)19(22)24-21(28)25-20/h8-11,16H,3-7H2,1-2H3,(H4,22,23,24,25,28). The van der Waals surface area contributed by atoms with Gasteiger partial charge in [-0.1, -0.05) is 12.1 Å². The van der Waals surface area contributed by atoms with Gasteiger partial charge < -0.3 is 20.9 Å². The maximum atomic E-state index is 12.9. The van der Waals surface area contributed by atoms with Crippen LogP contribution in [0, 0.1) is 4.77 Å². The minimum atomic E-state index is -0.232. The molecule has 1 aliphatic heterocycles. The highest BCUT2D eigenvalue weighted by atomic mass is 32.1. The number of aromatic nitrogens is 2. The third-order valence-corrected chi connectivity index (χ3v) is 5.85. The van der Waals surface area contributed by atoms with Gasteiger partial charge in [-0.15, -0.1) is 0 Å². The number of allylic oxidation sites excluding steroid dienone is 2. The zero-order valence-corrected chi connectivity index (χ0v) is 17.0. The van der Waals surface area contributed by atoms with Crippen molar-refractivity contribution in [2.45, 2.75) is 39.0 Å². The van der Waals surface area contributed by atoms with Crippen LogP contribution in [0.1, 0.15) is 50.2 Å². The van der Waals surface area contributed by atoms with Crippen molar-refractivity contribution in [1.29, 1.82) is 0 Å². The third kappa shape index (κ3) is 3.09. The van der Waals surface area contributed by atoms with Crippen LogP contribution in [0.4, 0.5) is 17.3 Å².